The van der Waals surface area contributed by atoms with Crippen LogP contribution in [0.4, 0.5) is 4.79 Å². The maximum absolute atomic E-state index is 12.1. The van der Waals surface area contributed by atoms with Gasteiger partial charge in [-0.05, 0) is 32.4 Å². The fraction of sp³-hybridized carbons (Fsp3) is 0.846. The van der Waals surface area contributed by atoms with Crippen molar-refractivity contribution in [2.45, 2.75) is 44.4 Å². The molecule has 2 N–H and O–H groups in total. The van der Waals surface area contributed by atoms with Crippen LogP contribution in [0.5, 0.6) is 0 Å². The minimum absolute atomic E-state index is 0.137. The molecular formula is C13H24N2O3S. The number of carboxylic acids is 1. The van der Waals surface area contributed by atoms with Crippen molar-refractivity contribution in [3.63, 3.8) is 0 Å². The zero-order valence-electron chi connectivity index (χ0n) is 11.9. The van der Waals surface area contributed by atoms with E-state index in [0.29, 0.717) is 11.8 Å². The molecule has 110 valence electrons. The number of thioether (sulfide) groups is 1. The van der Waals surface area contributed by atoms with Gasteiger partial charge in [0.1, 0.15) is 0 Å². The predicted octanol–water partition coefficient (Wildman–Crippen LogP) is 2.02. The van der Waals surface area contributed by atoms with Gasteiger partial charge in [0.15, 0.2) is 0 Å². The van der Waals surface area contributed by atoms with E-state index in [1.54, 1.807) is 11.8 Å². The number of amides is 2. The Morgan fingerprint density at radius 2 is 2.16 bits per heavy atom. The molecule has 19 heavy (non-hydrogen) atoms. The first-order chi connectivity index (χ1) is 8.97. The largest absolute Gasteiger partial charge is 0.481 e. The third-order valence-corrected chi connectivity index (χ3v) is 4.73. The van der Waals surface area contributed by atoms with Crippen LogP contribution in [-0.4, -0.2) is 52.6 Å². The fourth-order valence-electron chi connectivity index (χ4n) is 2.32. The van der Waals surface area contributed by atoms with Gasteiger partial charge >= 0.3 is 12.0 Å². The Morgan fingerprint density at radius 1 is 1.47 bits per heavy atom. The highest BCUT2D eigenvalue weighted by Gasteiger charge is 2.27. The molecule has 0 aromatic carbocycles. The lowest BCUT2D eigenvalue weighted by Crippen LogP contribution is -2.46. The smallest absolute Gasteiger partial charge is 0.317 e. The van der Waals surface area contributed by atoms with E-state index >= 15 is 0 Å². The number of urea groups is 1. The van der Waals surface area contributed by atoms with Crippen LogP contribution in [0.2, 0.25) is 0 Å². The van der Waals surface area contributed by atoms with E-state index in [-0.39, 0.29) is 18.6 Å². The number of nitrogens with one attached hydrogen (secondary N) is 1. The molecule has 5 nitrogen and oxygen atoms in total. The Bertz CT molecular complexity index is 325. The van der Waals surface area contributed by atoms with Gasteiger partial charge in [-0.15, -0.1) is 0 Å². The molecule has 6 heteroatoms. The zero-order valence-corrected chi connectivity index (χ0v) is 12.7. The van der Waals surface area contributed by atoms with Crippen molar-refractivity contribution in [2.24, 2.45) is 5.92 Å². The number of aliphatic carboxylic acids is 1. The molecule has 0 bridgehead atoms. The highest BCUT2D eigenvalue weighted by Crippen LogP contribution is 2.28. The van der Waals surface area contributed by atoms with E-state index in [1.807, 2.05) is 18.7 Å². The van der Waals surface area contributed by atoms with E-state index in [2.05, 4.69) is 11.6 Å². The second-order valence-corrected chi connectivity index (χ2v) is 6.23. The molecule has 3 atom stereocenters. The summed E-state index contributed by atoms with van der Waals surface area (Å²) in [5.74, 6) is -1.40. The first-order valence-electron chi connectivity index (χ1n) is 6.78. The second-order valence-electron chi connectivity index (χ2n) is 5.10. The molecule has 1 fully saturated rings. The van der Waals surface area contributed by atoms with Crippen LogP contribution in [0.25, 0.3) is 0 Å². The molecule has 3 unspecified atom stereocenters. The van der Waals surface area contributed by atoms with E-state index in [9.17, 15) is 9.59 Å². The second kappa shape index (κ2) is 7.62. The summed E-state index contributed by atoms with van der Waals surface area (Å²) in [4.78, 5) is 24.5. The number of nitrogens with zero attached hydrogens (tertiary/aromatic N) is 1. The number of rotatable bonds is 6. The third kappa shape index (κ3) is 4.93. The van der Waals surface area contributed by atoms with Crippen LogP contribution >= 0.6 is 11.8 Å². The summed E-state index contributed by atoms with van der Waals surface area (Å²) in [6.07, 6.45) is 5.27. The Balaban J connectivity index is 2.44. The number of carbonyl (C=O) groups excluding carboxylic acids is 1. The normalized spacial score (nSPS) is 23.9. The number of carbonyl (C=O) groups is 2. The van der Waals surface area contributed by atoms with Crippen LogP contribution in [0.15, 0.2) is 0 Å². The molecule has 1 aliphatic rings. The molecule has 0 aliphatic heterocycles. The number of carboxylic acid groups (broad SMARTS) is 1. The van der Waals surface area contributed by atoms with E-state index in [1.165, 1.54) is 0 Å². The molecule has 1 rings (SSSR count). The topological polar surface area (TPSA) is 69.6 Å². The predicted molar refractivity (Wildman–Crippen MR) is 77.5 cm³/mol. The minimum atomic E-state index is -0.866. The van der Waals surface area contributed by atoms with E-state index in [4.69, 9.17) is 5.11 Å². The Morgan fingerprint density at radius 3 is 2.63 bits per heavy atom. The molecule has 0 radical (unpaired) electrons. The van der Waals surface area contributed by atoms with Crippen molar-refractivity contribution in [2.75, 3.05) is 19.3 Å². The SMILES string of the molecule is CCN(CC(C)C(=O)O)C(=O)NC1CCC(SC)C1. The molecular weight excluding hydrogens is 264 g/mol. The molecule has 0 aromatic rings. The maximum Gasteiger partial charge on any atom is 0.317 e. The van der Waals surface area contributed by atoms with Crippen molar-refractivity contribution >= 4 is 23.8 Å². The van der Waals surface area contributed by atoms with Crippen LogP contribution in [0, 0.1) is 5.92 Å². The van der Waals surface area contributed by atoms with Crippen LogP contribution < -0.4 is 5.32 Å². The molecule has 0 aromatic heterocycles. The Hall–Kier alpha value is -0.910. The van der Waals surface area contributed by atoms with Gasteiger partial charge in [0.2, 0.25) is 0 Å². The Kier molecular flexibility index (Phi) is 6.48. The summed E-state index contributed by atoms with van der Waals surface area (Å²) >= 11 is 1.85. The van der Waals surface area contributed by atoms with Crippen molar-refractivity contribution in [1.82, 2.24) is 10.2 Å². The van der Waals surface area contributed by atoms with Crippen LogP contribution in [0.1, 0.15) is 33.1 Å². The van der Waals surface area contributed by atoms with Crippen molar-refractivity contribution in [1.29, 1.82) is 0 Å². The quantitative estimate of drug-likeness (QED) is 0.784. The summed E-state index contributed by atoms with van der Waals surface area (Å²) in [7, 11) is 0. The number of hydrogen-bond acceptors (Lipinski definition) is 3. The van der Waals surface area contributed by atoms with Gasteiger partial charge < -0.3 is 15.3 Å². The van der Waals surface area contributed by atoms with E-state index in [0.717, 1.165) is 19.3 Å². The van der Waals surface area contributed by atoms with E-state index < -0.39 is 11.9 Å². The van der Waals surface area contributed by atoms with Gasteiger partial charge in [-0.25, -0.2) is 4.79 Å². The fourth-order valence-corrected chi connectivity index (χ4v) is 3.11. The minimum Gasteiger partial charge on any atom is -0.481 e. The van der Waals surface area contributed by atoms with Crippen molar-refractivity contribution < 1.29 is 14.7 Å². The lowest BCUT2D eigenvalue weighted by molar-refractivity contribution is -0.141. The third-order valence-electron chi connectivity index (χ3n) is 3.63. The maximum atomic E-state index is 12.1. The van der Waals surface area contributed by atoms with Crippen LogP contribution in [-0.2, 0) is 4.79 Å². The first-order valence-corrected chi connectivity index (χ1v) is 8.07. The van der Waals surface area contributed by atoms with Gasteiger partial charge in [0, 0.05) is 24.4 Å². The van der Waals surface area contributed by atoms with Crippen LogP contribution in [0.3, 0.4) is 0 Å². The van der Waals surface area contributed by atoms with Gasteiger partial charge in [-0.3, -0.25) is 4.79 Å². The molecule has 0 saturated heterocycles. The zero-order chi connectivity index (χ0) is 14.4. The molecule has 1 aliphatic carbocycles. The Labute approximate surface area is 119 Å². The highest BCUT2D eigenvalue weighted by molar-refractivity contribution is 7.99. The summed E-state index contributed by atoms with van der Waals surface area (Å²) in [5.41, 5.74) is 0. The number of hydrogen-bond donors (Lipinski definition) is 2. The average molecular weight is 288 g/mol. The summed E-state index contributed by atoms with van der Waals surface area (Å²) < 4.78 is 0. The van der Waals surface area contributed by atoms with Crippen molar-refractivity contribution in [3.05, 3.63) is 0 Å². The molecule has 1 saturated carbocycles. The molecule has 0 heterocycles. The van der Waals surface area contributed by atoms with Gasteiger partial charge in [0.05, 0.1) is 5.92 Å². The first kappa shape index (κ1) is 16.1. The van der Waals surface area contributed by atoms with Gasteiger partial charge in [0.25, 0.3) is 0 Å². The molecule has 0 spiro atoms. The lowest BCUT2D eigenvalue weighted by Gasteiger charge is -2.25. The summed E-state index contributed by atoms with van der Waals surface area (Å²) in [6.45, 7) is 4.28. The van der Waals surface area contributed by atoms with Gasteiger partial charge in [-0.1, -0.05) is 6.92 Å². The highest BCUT2D eigenvalue weighted by atomic mass is 32.2. The summed E-state index contributed by atoms with van der Waals surface area (Å²) in [6, 6.07) is 0.0986. The monoisotopic (exact) mass is 288 g/mol. The van der Waals surface area contributed by atoms with Gasteiger partial charge in [-0.2, -0.15) is 11.8 Å². The summed E-state index contributed by atoms with van der Waals surface area (Å²) in [5, 5.41) is 12.6. The van der Waals surface area contributed by atoms with Crippen molar-refractivity contribution in [3.8, 4) is 0 Å². The average Bonchev–Trinajstić information content (AvgIpc) is 2.82. The molecule has 2 amide bonds. The standard InChI is InChI=1S/C13H24N2O3S/c1-4-15(8-9(2)12(16)17)13(18)14-10-5-6-11(7-10)19-3/h9-11H,4-8H2,1-3H3,(H,14,18)(H,16,17). The lowest BCUT2D eigenvalue weighted by atomic mass is 10.2.